The predicted molar refractivity (Wildman–Crippen MR) is 73.0 cm³/mol. The molecule has 1 aromatic carbocycles. The average Bonchev–Trinajstić information content (AvgIpc) is 2.32. The molecule has 2 atom stereocenters. The monoisotopic (exact) mass is 248 g/mol. The van der Waals surface area contributed by atoms with Gasteiger partial charge in [0.15, 0.2) is 0 Å². The summed E-state index contributed by atoms with van der Waals surface area (Å²) in [4.78, 5) is 13.1. The molecule has 2 unspecified atom stereocenters. The van der Waals surface area contributed by atoms with Crippen molar-refractivity contribution in [2.24, 2.45) is 11.8 Å². The molecule has 0 saturated carbocycles. The summed E-state index contributed by atoms with van der Waals surface area (Å²) in [5, 5.41) is 8.92. The normalized spacial score (nSPS) is 24.0. The van der Waals surface area contributed by atoms with Gasteiger partial charge < -0.3 is 15.7 Å². The number of rotatable bonds is 2. The van der Waals surface area contributed by atoms with Crippen molar-refractivity contribution in [3.05, 3.63) is 23.8 Å². The zero-order valence-corrected chi connectivity index (χ0v) is 10.9. The Morgan fingerprint density at radius 2 is 2.11 bits per heavy atom. The molecule has 0 aromatic heterocycles. The zero-order valence-electron chi connectivity index (χ0n) is 10.9. The third kappa shape index (κ3) is 2.42. The molecule has 1 aromatic rings. The van der Waals surface area contributed by atoms with Crippen LogP contribution in [-0.2, 0) is 0 Å². The zero-order chi connectivity index (χ0) is 13.3. The fourth-order valence-electron chi connectivity index (χ4n) is 2.46. The molecule has 0 spiro atoms. The van der Waals surface area contributed by atoms with E-state index < -0.39 is 5.97 Å². The highest BCUT2D eigenvalue weighted by Crippen LogP contribution is 2.31. The number of nitrogen functional groups attached to an aromatic ring is 1. The molecule has 0 aliphatic carbocycles. The summed E-state index contributed by atoms with van der Waals surface area (Å²) in [5.74, 6) is 0.437. The Balaban J connectivity index is 2.21. The molecule has 1 aliphatic heterocycles. The van der Waals surface area contributed by atoms with Crippen molar-refractivity contribution < 1.29 is 9.90 Å². The summed E-state index contributed by atoms with van der Waals surface area (Å²) in [5.41, 5.74) is 7.72. The quantitative estimate of drug-likeness (QED) is 0.789. The van der Waals surface area contributed by atoms with Crippen molar-refractivity contribution in [1.82, 2.24) is 0 Å². The van der Waals surface area contributed by atoms with Gasteiger partial charge in [-0.1, -0.05) is 13.8 Å². The van der Waals surface area contributed by atoms with Crippen LogP contribution >= 0.6 is 0 Å². The van der Waals surface area contributed by atoms with Crippen LogP contribution in [-0.4, -0.2) is 24.2 Å². The first-order valence-electron chi connectivity index (χ1n) is 6.37. The minimum Gasteiger partial charge on any atom is -0.478 e. The summed E-state index contributed by atoms with van der Waals surface area (Å²) < 4.78 is 0. The third-order valence-electron chi connectivity index (χ3n) is 3.95. The molecule has 1 saturated heterocycles. The lowest BCUT2D eigenvalue weighted by Gasteiger charge is -2.37. The molecule has 0 amide bonds. The first-order valence-corrected chi connectivity index (χ1v) is 6.37. The second-order valence-corrected chi connectivity index (χ2v) is 5.27. The number of carbonyl (C=O) groups is 1. The van der Waals surface area contributed by atoms with Crippen molar-refractivity contribution in [2.75, 3.05) is 23.7 Å². The van der Waals surface area contributed by atoms with Crippen LogP contribution in [0.15, 0.2) is 18.2 Å². The Morgan fingerprint density at radius 3 is 2.67 bits per heavy atom. The lowest BCUT2D eigenvalue weighted by atomic mass is 9.88. The Morgan fingerprint density at radius 1 is 1.39 bits per heavy atom. The molecule has 2 rings (SSSR count). The van der Waals surface area contributed by atoms with Gasteiger partial charge in [0.1, 0.15) is 0 Å². The topological polar surface area (TPSA) is 66.6 Å². The van der Waals surface area contributed by atoms with Gasteiger partial charge in [-0.05, 0) is 36.5 Å². The van der Waals surface area contributed by atoms with E-state index in [1.54, 1.807) is 12.1 Å². The van der Waals surface area contributed by atoms with Crippen LogP contribution in [0.1, 0.15) is 30.6 Å². The Kier molecular flexibility index (Phi) is 3.45. The van der Waals surface area contributed by atoms with Crippen LogP contribution in [0.2, 0.25) is 0 Å². The third-order valence-corrected chi connectivity index (χ3v) is 3.95. The van der Waals surface area contributed by atoms with Crippen molar-refractivity contribution in [3.8, 4) is 0 Å². The number of carboxylic acids is 1. The maximum Gasteiger partial charge on any atom is 0.335 e. The Hall–Kier alpha value is -1.71. The molecule has 0 bridgehead atoms. The smallest absolute Gasteiger partial charge is 0.335 e. The Bertz CT molecular complexity index is 459. The van der Waals surface area contributed by atoms with Crippen LogP contribution in [0.25, 0.3) is 0 Å². The first-order chi connectivity index (χ1) is 8.49. The fourth-order valence-corrected chi connectivity index (χ4v) is 2.46. The minimum atomic E-state index is -0.936. The van der Waals surface area contributed by atoms with Gasteiger partial charge in [0, 0.05) is 13.1 Å². The van der Waals surface area contributed by atoms with Crippen molar-refractivity contribution in [2.45, 2.75) is 20.3 Å². The molecule has 3 N–H and O–H groups in total. The summed E-state index contributed by atoms with van der Waals surface area (Å²) >= 11 is 0. The lowest BCUT2D eigenvalue weighted by Crippen LogP contribution is -2.38. The van der Waals surface area contributed by atoms with E-state index in [2.05, 4.69) is 18.7 Å². The molecular weight excluding hydrogens is 228 g/mol. The minimum absolute atomic E-state index is 0.245. The molecule has 4 heteroatoms. The summed E-state index contributed by atoms with van der Waals surface area (Å²) in [6.45, 7) is 6.50. The van der Waals surface area contributed by atoms with E-state index in [4.69, 9.17) is 10.8 Å². The summed E-state index contributed by atoms with van der Waals surface area (Å²) in [7, 11) is 0. The van der Waals surface area contributed by atoms with Gasteiger partial charge in [-0.15, -0.1) is 0 Å². The van der Waals surface area contributed by atoms with Crippen LogP contribution in [0, 0.1) is 11.8 Å². The molecule has 1 fully saturated rings. The van der Waals surface area contributed by atoms with Gasteiger partial charge in [0.05, 0.1) is 16.9 Å². The number of benzene rings is 1. The van der Waals surface area contributed by atoms with Crippen molar-refractivity contribution in [3.63, 3.8) is 0 Å². The molecule has 1 aliphatic rings. The number of nitrogens with zero attached hydrogens (tertiary/aromatic N) is 1. The number of nitrogens with two attached hydrogens (primary N) is 1. The van der Waals surface area contributed by atoms with Crippen molar-refractivity contribution in [1.29, 1.82) is 0 Å². The van der Waals surface area contributed by atoms with Gasteiger partial charge in [0.2, 0.25) is 0 Å². The molecule has 18 heavy (non-hydrogen) atoms. The van der Waals surface area contributed by atoms with E-state index in [1.165, 1.54) is 0 Å². The molecule has 1 heterocycles. The number of anilines is 2. The number of hydrogen-bond acceptors (Lipinski definition) is 3. The van der Waals surface area contributed by atoms with Gasteiger partial charge in [0.25, 0.3) is 0 Å². The van der Waals surface area contributed by atoms with Crippen molar-refractivity contribution >= 4 is 17.3 Å². The van der Waals surface area contributed by atoms with Gasteiger partial charge in [-0.25, -0.2) is 4.79 Å². The number of hydrogen-bond donors (Lipinski definition) is 2. The SMILES string of the molecule is CC1CCN(c2ccc(C(=O)O)cc2N)CC1C. The Labute approximate surface area is 107 Å². The predicted octanol–water partition coefficient (Wildman–Crippen LogP) is 2.45. The van der Waals surface area contributed by atoms with E-state index in [-0.39, 0.29) is 5.56 Å². The highest BCUT2D eigenvalue weighted by Gasteiger charge is 2.24. The molecule has 98 valence electrons. The largest absolute Gasteiger partial charge is 0.478 e. The molecular formula is C14H20N2O2. The lowest BCUT2D eigenvalue weighted by molar-refractivity contribution is 0.0697. The number of aromatic carboxylic acids is 1. The van der Waals surface area contributed by atoms with E-state index in [1.807, 2.05) is 6.07 Å². The van der Waals surface area contributed by atoms with Crippen LogP contribution in [0.4, 0.5) is 11.4 Å². The van der Waals surface area contributed by atoms with E-state index in [0.29, 0.717) is 11.6 Å². The maximum atomic E-state index is 10.9. The van der Waals surface area contributed by atoms with E-state index in [0.717, 1.165) is 31.1 Å². The molecule has 4 nitrogen and oxygen atoms in total. The summed E-state index contributed by atoms with van der Waals surface area (Å²) in [6.07, 6.45) is 1.15. The number of piperidine rings is 1. The summed E-state index contributed by atoms with van der Waals surface area (Å²) in [6, 6.07) is 4.98. The highest BCUT2D eigenvalue weighted by molar-refractivity contribution is 5.90. The fraction of sp³-hybridized carbons (Fsp3) is 0.500. The second-order valence-electron chi connectivity index (χ2n) is 5.27. The van der Waals surface area contributed by atoms with Crippen LogP contribution < -0.4 is 10.6 Å². The van der Waals surface area contributed by atoms with Gasteiger partial charge in [-0.2, -0.15) is 0 Å². The molecule has 0 radical (unpaired) electrons. The first kappa shape index (κ1) is 12.7. The standard InChI is InChI=1S/C14H20N2O2/c1-9-5-6-16(8-10(9)2)13-4-3-11(14(17)18)7-12(13)15/h3-4,7,9-10H,5-6,8,15H2,1-2H3,(H,17,18). The van der Waals surface area contributed by atoms with Crippen LogP contribution in [0.3, 0.4) is 0 Å². The number of carboxylic acid groups (broad SMARTS) is 1. The van der Waals surface area contributed by atoms with E-state index >= 15 is 0 Å². The van der Waals surface area contributed by atoms with Crippen LogP contribution in [0.5, 0.6) is 0 Å². The second kappa shape index (κ2) is 4.88. The van der Waals surface area contributed by atoms with Gasteiger partial charge in [-0.3, -0.25) is 0 Å². The maximum absolute atomic E-state index is 10.9. The highest BCUT2D eigenvalue weighted by atomic mass is 16.4. The van der Waals surface area contributed by atoms with Gasteiger partial charge >= 0.3 is 5.97 Å². The van der Waals surface area contributed by atoms with E-state index in [9.17, 15) is 4.79 Å². The average molecular weight is 248 g/mol.